The van der Waals surface area contributed by atoms with E-state index in [1.807, 2.05) is 76.2 Å². The minimum absolute atomic E-state index is 0.0549. The summed E-state index contributed by atoms with van der Waals surface area (Å²) in [5.74, 6) is -0.324. The van der Waals surface area contributed by atoms with Crippen molar-refractivity contribution in [1.29, 1.82) is 0 Å². The maximum Gasteiger partial charge on any atom is 0.237 e. The number of likely N-dealkylation sites (tertiary alicyclic amines) is 2. The molecule has 4 amide bonds. The fourth-order valence-corrected chi connectivity index (χ4v) is 5.00. The molecule has 2 aliphatic heterocycles. The fraction of sp³-hybridized carbons (Fsp3) is 0.467. The monoisotopic (exact) mass is 520 g/mol. The van der Waals surface area contributed by atoms with E-state index in [0.29, 0.717) is 12.8 Å². The number of ether oxygens (including phenoxy) is 2. The molecule has 4 rings (SSSR count). The Morgan fingerprint density at radius 1 is 0.632 bits per heavy atom. The summed E-state index contributed by atoms with van der Waals surface area (Å²) in [7, 11) is 0. The van der Waals surface area contributed by atoms with E-state index < -0.39 is 11.8 Å². The van der Waals surface area contributed by atoms with Crippen LogP contribution in [0.5, 0.6) is 11.5 Å². The van der Waals surface area contributed by atoms with Crippen molar-refractivity contribution in [3.05, 3.63) is 59.7 Å². The van der Waals surface area contributed by atoms with Crippen molar-refractivity contribution in [2.45, 2.75) is 77.4 Å². The summed E-state index contributed by atoms with van der Waals surface area (Å²) >= 11 is 0. The first-order valence-corrected chi connectivity index (χ1v) is 13.4. The van der Waals surface area contributed by atoms with Crippen molar-refractivity contribution in [2.75, 3.05) is 13.1 Å². The number of hydrogen-bond donors (Lipinski definition) is 0. The smallest absolute Gasteiger partial charge is 0.237 e. The molecule has 0 aliphatic carbocycles. The van der Waals surface area contributed by atoms with Gasteiger partial charge in [-0.05, 0) is 75.9 Å². The molecular weight excluding hydrogens is 484 g/mol. The van der Waals surface area contributed by atoms with Gasteiger partial charge in [-0.15, -0.1) is 0 Å². The number of imide groups is 2. The van der Waals surface area contributed by atoms with Crippen LogP contribution in [0.1, 0.15) is 76.3 Å². The first-order valence-electron chi connectivity index (χ1n) is 13.4. The number of amides is 4. The minimum Gasteiger partial charge on any atom is -0.491 e. The van der Waals surface area contributed by atoms with Crippen LogP contribution in [-0.4, -0.2) is 58.7 Å². The normalized spacial score (nSPS) is 19.8. The van der Waals surface area contributed by atoms with Gasteiger partial charge in [0.2, 0.25) is 23.6 Å². The predicted molar refractivity (Wildman–Crippen MR) is 142 cm³/mol. The van der Waals surface area contributed by atoms with Crippen LogP contribution in [0, 0.1) is 0 Å². The second-order valence-corrected chi connectivity index (χ2v) is 10.5. The van der Waals surface area contributed by atoms with E-state index in [0.717, 1.165) is 22.6 Å². The third-order valence-electron chi connectivity index (χ3n) is 6.81. The van der Waals surface area contributed by atoms with Crippen LogP contribution in [0.25, 0.3) is 0 Å². The van der Waals surface area contributed by atoms with E-state index in [1.165, 1.54) is 9.80 Å². The third-order valence-corrected chi connectivity index (χ3v) is 6.81. The highest BCUT2D eigenvalue weighted by molar-refractivity contribution is 6.07. The van der Waals surface area contributed by atoms with Crippen molar-refractivity contribution in [3.63, 3.8) is 0 Å². The van der Waals surface area contributed by atoms with Crippen LogP contribution in [0.2, 0.25) is 0 Å². The van der Waals surface area contributed by atoms with Gasteiger partial charge >= 0.3 is 0 Å². The average molecular weight is 521 g/mol. The molecule has 38 heavy (non-hydrogen) atoms. The number of hydrogen-bond acceptors (Lipinski definition) is 6. The highest BCUT2D eigenvalue weighted by Gasteiger charge is 2.40. The minimum atomic E-state index is -0.490. The molecule has 2 aromatic rings. The first kappa shape index (κ1) is 27.4. The average Bonchev–Trinajstić information content (AvgIpc) is 3.31. The molecule has 2 heterocycles. The van der Waals surface area contributed by atoms with E-state index >= 15 is 0 Å². The molecule has 8 heteroatoms. The van der Waals surface area contributed by atoms with Crippen molar-refractivity contribution in [1.82, 2.24) is 9.80 Å². The summed E-state index contributed by atoms with van der Waals surface area (Å²) in [5.41, 5.74) is 1.59. The summed E-state index contributed by atoms with van der Waals surface area (Å²) in [6, 6.07) is 14.6. The summed E-state index contributed by atoms with van der Waals surface area (Å²) in [4.78, 5) is 53.7. The van der Waals surface area contributed by atoms with Gasteiger partial charge in [0.05, 0.1) is 24.0 Å². The predicted octanol–water partition coefficient (Wildman–Crippen LogP) is 4.43. The lowest BCUT2D eigenvalue weighted by Crippen LogP contribution is -2.33. The maximum absolute atomic E-state index is 13.0. The van der Waals surface area contributed by atoms with Gasteiger partial charge in [0, 0.05) is 25.9 Å². The second-order valence-electron chi connectivity index (χ2n) is 10.5. The van der Waals surface area contributed by atoms with E-state index in [2.05, 4.69) is 0 Å². The second kappa shape index (κ2) is 11.8. The van der Waals surface area contributed by atoms with E-state index in [-0.39, 0.29) is 61.8 Å². The SMILES string of the molecule is CC(C)Oc1ccc([C@H]2CC(=O)N(CCCCN3C(=O)C[C@H](c4ccc(OC(C)C)cc4)C3=O)C2=O)cc1. The molecule has 2 saturated heterocycles. The quantitative estimate of drug-likeness (QED) is 0.322. The van der Waals surface area contributed by atoms with Crippen molar-refractivity contribution in [2.24, 2.45) is 0 Å². The summed E-state index contributed by atoms with van der Waals surface area (Å²) < 4.78 is 11.3. The number of nitrogens with zero attached hydrogens (tertiary/aromatic N) is 2. The standard InChI is InChI=1S/C30H36N2O6/c1-19(2)37-23-11-7-21(8-12-23)25-17-27(33)31(29(25)35)15-5-6-16-32-28(34)18-26(30(32)36)22-9-13-24(14-10-22)38-20(3)4/h7-14,19-20,25-26H,5-6,15-18H2,1-4H3/t25-,26-/m1/s1. The zero-order chi connectivity index (χ0) is 27.4. The van der Waals surface area contributed by atoms with Gasteiger partial charge in [-0.1, -0.05) is 24.3 Å². The molecule has 0 bridgehead atoms. The van der Waals surface area contributed by atoms with Gasteiger partial charge in [0.25, 0.3) is 0 Å². The van der Waals surface area contributed by atoms with E-state index in [4.69, 9.17) is 9.47 Å². The highest BCUT2D eigenvalue weighted by Crippen LogP contribution is 2.33. The molecule has 2 fully saturated rings. The summed E-state index contributed by atoms with van der Waals surface area (Å²) in [5, 5.41) is 0. The molecule has 0 aromatic heterocycles. The zero-order valence-corrected chi connectivity index (χ0v) is 22.5. The van der Waals surface area contributed by atoms with Gasteiger partial charge in [-0.3, -0.25) is 29.0 Å². The Bertz CT molecular complexity index is 1080. The molecule has 0 saturated carbocycles. The molecule has 2 atom stereocenters. The number of rotatable bonds is 11. The lowest BCUT2D eigenvalue weighted by atomic mass is 9.97. The zero-order valence-electron chi connectivity index (χ0n) is 22.5. The Kier molecular flexibility index (Phi) is 8.49. The maximum atomic E-state index is 13.0. The topological polar surface area (TPSA) is 93.2 Å². The van der Waals surface area contributed by atoms with Gasteiger partial charge in [-0.2, -0.15) is 0 Å². The Balaban J connectivity index is 1.27. The van der Waals surface area contributed by atoms with Crippen LogP contribution in [0.3, 0.4) is 0 Å². The Hall–Kier alpha value is -3.68. The molecule has 0 spiro atoms. The number of benzene rings is 2. The molecule has 0 radical (unpaired) electrons. The third kappa shape index (κ3) is 6.23. The van der Waals surface area contributed by atoms with Crippen LogP contribution >= 0.6 is 0 Å². The number of unbranched alkanes of at least 4 members (excludes halogenated alkanes) is 1. The Morgan fingerprint density at radius 2 is 0.974 bits per heavy atom. The molecule has 8 nitrogen and oxygen atoms in total. The lowest BCUT2D eigenvalue weighted by Gasteiger charge is -2.18. The highest BCUT2D eigenvalue weighted by atomic mass is 16.5. The van der Waals surface area contributed by atoms with Crippen LogP contribution < -0.4 is 9.47 Å². The molecule has 2 aromatic carbocycles. The first-order chi connectivity index (χ1) is 18.1. The molecule has 0 unspecified atom stereocenters. The number of carbonyl (C=O) groups excluding carboxylic acids is 4. The summed E-state index contributed by atoms with van der Waals surface area (Å²) in [6.45, 7) is 8.34. The molecule has 0 N–H and O–H groups in total. The molecule has 202 valence electrons. The lowest BCUT2D eigenvalue weighted by molar-refractivity contribution is -0.141. The van der Waals surface area contributed by atoms with E-state index in [9.17, 15) is 19.2 Å². The summed E-state index contributed by atoms with van der Waals surface area (Å²) in [6.07, 6.45) is 1.45. The van der Waals surface area contributed by atoms with Crippen molar-refractivity contribution in [3.8, 4) is 11.5 Å². The van der Waals surface area contributed by atoms with Crippen LogP contribution in [-0.2, 0) is 19.2 Å². The van der Waals surface area contributed by atoms with Crippen molar-refractivity contribution >= 4 is 23.6 Å². The Morgan fingerprint density at radius 3 is 1.29 bits per heavy atom. The van der Waals surface area contributed by atoms with Crippen LogP contribution in [0.15, 0.2) is 48.5 Å². The van der Waals surface area contributed by atoms with E-state index in [1.54, 1.807) is 0 Å². The Labute approximate surface area is 223 Å². The fourth-order valence-electron chi connectivity index (χ4n) is 5.00. The van der Waals surface area contributed by atoms with Gasteiger partial charge in [0.15, 0.2) is 0 Å². The molecule has 2 aliphatic rings. The van der Waals surface area contributed by atoms with Gasteiger partial charge in [-0.25, -0.2) is 0 Å². The van der Waals surface area contributed by atoms with Crippen molar-refractivity contribution < 1.29 is 28.7 Å². The largest absolute Gasteiger partial charge is 0.491 e. The van der Waals surface area contributed by atoms with Gasteiger partial charge in [0.1, 0.15) is 11.5 Å². The number of carbonyl (C=O) groups is 4. The molecular formula is C30H36N2O6. The van der Waals surface area contributed by atoms with Crippen LogP contribution in [0.4, 0.5) is 0 Å². The van der Waals surface area contributed by atoms with Gasteiger partial charge < -0.3 is 9.47 Å².